The number of nitrogens with one attached hydrogen (secondary N) is 2. The van der Waals surface area contributed by atoms with Gasteiger partial charge in [-0.1, -0.05) is 26.2 Å². The number of urea groups is 1. The topological polar surface area (TPSA) is 116 Å². The van der Waals surface area contributed by atoms with Gasteiger partial charge in [0, 0.05) is 6.54 Å². The number of unbranched alkanes of at least 4 members (excludes halogenated alkanes) is 3. The third-order valence-electron chi connectivity index (χ3n) is 2.30. The first-order valence-electron chi connectivity index (χ1n) is 5.96. The molecule has 2 amide bonds. The summed E-state index contributed by atoms with van der Waals surface area (Å²) < 4.78 is 0. The van der Waals surface area contributed by atoms with Crippen LogP contribution >= 0.6 is 0 Å². The fraction of sp³-hybridized carbons (Fsp3) is 0.727. The number of aliphatic carboxylic acids is 2. The number of hydrogen-bond donors (Lipinski definition) is 4. The lowest BCUT2D eigenvalue weighted by atomic mass is 10.2. The minimum atomic E-state index is -1.40. The highest BCUT2D eigenvalue weighted by molar-refractivity contribution is 5.86. The predicted octanol–water partition coefficient (Wildman–Crippen LogP) is 0.794. The number of amides is 2. The van der Waals surface area contributed by atoms with Crippen LogP contribution in [0.1, 0.15) is 39.0 Å². The van der Waals surface area contributed by atoms with Gasteiger partial charge in [-0.3, -0.25) is 4.79 Å². The molecule has 1 unspecified atom stereocenters. The van der Waals surface area contributed by atoms with Crippen molar-refractivity contribution in [1.82, 2.24) is 10.6 Å². The maximum atomic E-state index is 11.3. The van der Waals surface area contributed by atoms with Crippen LogP contribution in [0.3, 0.4) is 0 Å². The van der Waals surface area contributed by atoms with Gasteiger partial charge in [0.15, 0.2) is 0 Å². The highest BCUT2D eigenvalue weighted by Crippen LogP contribution is 1.97. The molecule has 7 nitrogen and oxygen atoms in total. The van der Waals surface area contributed by atoms with Gasteiger partial charge in [-0.15, -0.1) is 0 Å². The Kier molecular flexibility index (Phi) is 8.34. The van der Waals surface area contributed by atoms with E-state index in [1.807, 2.05) is 0 Å². The van der Waals surface area contributed by atoms with Crippen molar-refractivity contribution < 1.29 is 24.6 Å². The lowest BCUT2D eigenvalue weighted by Gasteiger charge is -2.13. The number of rotatable bonds is 9. The molecule has 0 spiro atoms. The van der Waals surface area contributed by atoms with Crippen LogP contribution in [0.25, 0.3) is 0 Å². The van der Waals surface area contributed by atoms with Crippen molar-refractivity contribution >= 4 is 18.0 Å². The van der Waals surface area contributed by atoms with Crippen LogP contribution in [0.5, 0.6) is 0 Å². The summed E-state index contributed by atoms with van der Waals surface area (Å²) in [6.45, 7) is 2.52. The lowest BCUT2D eigenvalue weighted by molar-refractivity contribution is -0.145. The van der Waals surface area contributed by atoms with Crippen LogP contribution in [-0.2, 0) is 9.59 Å². The predicted molar refractivity (Wildman–Crippen MR) is 64.4 cm³/mol. The SMILES string of the molecule is CCCCCCNC(=O)NC(CC(=O)O)C(=O)O. The zero-order chi connectivity index (χ0) is 14.0. The molecular weight excluding hydrogens is 240 g/mol. The van der Waals surface area contributed by atoms with Gasteiger partial charge in [-0.05, 0) is 6.42 Å². The monoisotopic (exact) mass is 260 g/mol. The lowest BCUT2D eigenvalue weighted by Crippen LogP contribution is -2.47. The van der Waals surface area contributed by atoms with E-state index in [0.29, 0.717) is 6.54 Å². The van der Waals surface area contributed by atoms with E-state index in [2.05, 4.69) is 17.6 Å². The largest absolute Gasteiger partial charge is 0.481 e. The second kappa shape index (κ2) is 9.26. The fourth-order valence-corrected chi connectivity index (χ4v) is 1.34. The molecule has 0 radical (unpaired) electrons. The highest BCUT2D eigenvalue weighted by Gasteiger charge is 2.22. The Morgan fingerprint density at radius 2 is 1.78 bits per heavy atom. The van der Waals surface area contributed by atoms with E-state index in [4.69, 9.17) is 10.2 Å². The molecule has 0 aliphatic heterocycles. The first-order chi connectivity index (χ1) is 8.47. The summed E-state index contributed by atoms with van der Waals surface area (Å²) in [5.74, 6) is -2.64. The number of hydrogen-bond acceptors (Lipinski definition) is 3. The number of carboxylic acid groups (broad SMARTS) is 2. The average Bonchev–Trinajstić information content (AvgIpc) is 2.27. The van der Waals surface area contributed by atoms with Crippen molar-refractivity contribution in [2.24, 2.45) is 0 Å². The van der Waals surface area contributed by atoms with E-state index in [-0.39, 0.29) is 0 Å². The van der Waals surface area contributed by atoms with Gasteiger partial charge in [0.2, 0.25) is 0 Å². The first-order valence-corrected chi connectivity index (χ1v) is 5.96. The molecule has 0 aliphatic carbocycles. The molecule has 1 atom stereocenters. The second-order valence-electron chi connectivity index (χ2n) is 3.95. The maximum Gasteiger partial charge on any atom is 0.326 e. The molecule has 0 heterocycles. The van der Waals surface area contributed by atoms with Gasteiger partial charge in [0.25, 0.3) is 0 Å². The Bertz CT molecular complexity index is 293. The molecule has 0 aliphatic rings. The van der Waals surface area contributed by atoms with E-state index in [9.17, 15) is 14.4 Å². The molecule has 0 rings (SSSR count). The number of carbonyl (C=O) groups is 3. The van der Waals surface area contributed by atoms with Crippen molar-refractivity contribution in [3.8, 4) is 0 Å². The van der Waals surface area contributed by atoms with Gasteiger partial charge >= 0.3 is 18.0 Å². The number of carbonyl (C=O) groups excluding carboxylic acids is 1. The minimum Gasteiger partial charge on any atom is -0.481 e. The van der Waals surface area contributed by atoms with Crippen molar-refractivity contribution in [3.63, 3.8) is 0 Å². The standard InChI is InChI=1S/C11H20N2O5/c1-2-3-4-5-6-12-11(18)13-8(10(16)17)7-9(14)15/h8H,2-7H2,1H3,(H,14,15)(H,16,17)(H2,12,13,18). The summed E-state index contributed by atoms with van der Waals surface area (Å²) in [4.78, 5) is 32.4. The molecular formula is C11H20N2O5. The summed E-state index contributed by atoms with van der Waals surface area (Å²) in [5, 5.41) is 21.8. The zero-order valence-electron chi connectivity index (χ0n) is 10.4. The highest BCUT2D eigenvalue weighted by atomic mass is 16.4. The van der Waals surface area contributed by atoms with Crippen molar-refractivity contribution in [1.29, 1.82) is 0 Å². The third-order valence-corrected chi connectivity index (χ3v) is 2.30. The van der Waals surface area contributed by atoms with E-state index in [1.54, 1.807) is 0 Å². The summed E-state index contributed by atoms with van der Waals surface area (Å²) in [7, 11) is 0. The molecule has 0 saturated heterocycles. The number of carboxylic acids is 2. The molecule has 104 valence electrons. The third kappa shape index (κ3) is 8.37. The molecule has 4 N–H and O–H groups in total. The van der Waals surface area contributed by atoms with Gasteiger partial charge < -0.3 is 20.8 Å². The summed E-state index contributed by atoms with van der Waals surface area (Å²) in [5.41, 5.74) is 0. The van der Waals surface area contributed by atoms with Crippen LogP contribution in [0.15, 0.2) is 0 Å². The normalized spacial score (nSPS) is 11.6. The molecule has 0 bridgehead atoms. The maximum absolute atomic E-state index is 11.3. The molecule has 18 heavy (non-hydrogen) atoms. The summed E-state index contributed by atoms with van der Waals surface area (Å²) >= 11 is 0. The van der Waals surface area contributed by atoms with Crippen LogP contribution in [0, 0.1) is 0 Å². The Morgan fingerprint density at radius 3 is 2.28 bits per heavy atom. The molecule has 0 aromatic rings. The van der Waals surface area contributed by atoms with Gasteiger partial charge in [-0.25, -0.2) is 9.59 Å². The molecule has 7 heteroatoms. The average molecular weight is 260 g/mol. The molecule has 0 aromatic carbocycles. The van der Waals surface area contributed by atoms with E-state index < -0.39 is 30.4 Å². The Morgan fingerprint density at radius 1 is 1.11 bits per heavy atom. The van der Waals surface area contributed by atoms with E-state index in [0.717, 1.165) is 25.7 Å². The molecule has 0 aromatic heterocycles. The quantitative estimate of drug-likeness (QED) is 0.457. The Labute approximate surface area is 106 Å². The summed E-state index contributed by atoms with van der Waals surface area (Å²) in [6, 6.07) is -2.06. The van der Waals surface area contributed by atoms with Crippen molar-refractivity contribution in [3.05, 3.63) is 0 Å². The van der Waals surface area contributed by atoms with Gasteiger partial charge in [0.05, 0.1) is 6.42 Å². The van der Waals surface area contributed by atoms with Gasteiger partial charge in [-0.2, -0.15) is 0 Å². The first kappa shape index (κ1) is 16.2. The molecule has 0 saturated carbocycles. The Balaban J connectivity index is 3.88. The smallest absolute Gasteiger partial charge is 0.326 e. The zero-order valence-corrected chi connectivity index (χ0v) is 10.4. The van der Waals surface area contributed by atoms with Crippen molar-refractivity contribution in [2.45, 2.75) is 45.1 Å². The van der Waals surface area contributed by atoms with E-state index >= 15 is 0 Å². The van der Waals surface area contributed by atoms with Gasteiger partial charge in [0.1, 0.15) is 6.04 Å². The van der Waals surface area contributed by atoms with Crippen LogP contribution in [-0.4, -0.2) is 40.8 Å². The minimum absolute atomic E-state index is 0.450. The van der Waals surface area contributed by atoms with Crippen LogP contribution < -0.4 is 10.6 Å². The summed E-state index contributed by atoms with van der Waals surface area (Å²) in [6.07, 6.45) is 3.34. The molecule has 0 fully saturated rings. The van der Waals surface area contributed by atoms with Crippen LogP contribution in [0.4, 0.5) is 4.79 Å². The fourth-order valence-electron chi connectivity index (χ4n) is 1.34. The Hall–Kier alpha value is -1.79. The second-order valence-corrected chi connectivity index (χ2v) is 3.95. The van der Waals surface area contributed by atoms with Crippen molar-refractivity contribution in [2.75, 3.05) is 6.54 Å². The van der Waals surface area contributed by atoms with Crippen LogP contribution in [0.2, 0.25) is 0 Å². The van der Waals surface area contributed by atoms with E-state index in [1.165, 1.54) is 0 Å².